The predicted octanol–water partition coefficient (Wildman–Crippen LogP) is 20.0. The van der Waals surface area contributed by atoms with Crippen LogP contribution in [0.1, 0.15) is 172 Å². The van der Waals surface area contributed by atoms with Gasteiger partial charge in [0.25, 0.3) is 0 Å². The zero-order valence-corrected chi connectivity index (χ0v) is 66.5. The van der Waals surface area contributed by atoms with E-state index in [2.05, 4.69) is 41.5 Å². The third-order valence-electron chi connectivity index (χ3n) is 20.1. The lowest BCUT2D eigenvalue weighted by Crippen LogP contribution is -2.36. The highest BCUT2D eigenvalue weighted by molar-refractivity contribution is 6.66. The second kappa shape index (κ2) is 47.0. The maximum Gasteiger partial charge on any atom is 0.331 e. The summed E-state index contributed by atoms with van der Waals surface area (Å²) in [6, 6.07) is 32.6. The van der Waals surface area contributed by atoms with Gasteiger partial charge in [-0.3, -0.25) is 19.2 Å². The van der Waals surface area contributed by atoms with Crippen LogP contribution in [0.15, 0.2) is 176 Å². The molecule has 0 spiro atoms. The fourth-order valence-corrected chi connectivity index (χ4v) is 13.2. The van der Waals surface area contributed by atoms with Crippen LogP contribution in [0, 0.1) is 129 Å². The van der Waals surface area contributed by atoms with Crippen LogP contribution in [0.5, 0.6) is 0 Å². The number of benzene rings is 8. The standard InChI is InChI=1S/C20H26F2O2.C19H24F2O2.C10H8F2O2.C9H5ClF2O.C9H9F2N.C9H6F2O2.C8H8O3.C7H4F2O/c1-11(2)14-6-4-12(3)8-19(14)24-20(23)16-10-15(16)13-5-7-17(21)18(22)9-13;1-12(2)15-7-4-13(3)10-18(15)23-19(22)9-6-14-5-8-16(20)17(21)11-14;11-8-2-1-5(3-9(8)12)6-4-7(6)10(13)14;10-9(13)4-2-6-1-3-7(11)8(12)5-6;10-7-2-1-5(3-8(7)11)6-4-9(6)12;10-7-3-1-6(5-8(7)11)2-4-9(12)13;9-7(8(10)11)6-4-2-1-3-5-6;8-6-2-1-5(4-10)3-7(6)9/h5,7,9,11-12,14-16,19H,4,6,8,10H2,1-3H3;5-6,8-9,11-13,15,18H,4,7,10H2,1-3H3;1-3,6-7H,4H2,(H,13,14);1-5H;1-3,6,9H,4,12H2;1-5H,(H,12,13);1-5,7,9H,(H,10,11);1-4H/p-1/b;9-6+;;4-2+;;4-2+;;/t12-,14+,15+,16-,19-;13-,15+,18-;6-,7+;;6-,9+;;7-;/m110.0.1./s1. The van der Waals surface area contributed by atoms with Gasteiger partial charge in [-0.2, -0.15) is 0 Å². The van der Waals surface area contributed by atoms with E-state index in [0.717, 1.165) is 123 Å². The van der Waals surface area contributed by atoms with E-state index in [9.17, 15) is 100 Å². The zero-order chi connectivity index (χ0) is 88.9. The largest absolute Gasteiger partial charge is 0.547 e. The molecule has 29 heteroatoms. The number of esters is 2. The third kappa shape index (κ3) is 32.2. The average molecular weight is 1710 g/mol. The number of hydrogen-bond donors (Lipinski definition) is 4. The Bertz CT molecular complexity index is 4840. The van der Waals surface area contributed by atoms with Crippen LogP contribution in [0.4, 0.5) is 61.5 Å². The van der Waals surface area contributed by atoms with E-state index in [0.29, 0.717) is 88.0 Å². The van der Waals surface area contributed by atoms with Gasteiger partial charge in [0.1, 0.15) is 24.6 Å². The first-order valence-corrected chi connectivity index (χ1v) is 38.4. The van der Waals surface area contributed by atoms with Gasteiger partial charge >= 0.3 is 23.9 Å². The van der Waals surface area contributed by atoms with Crippen LogP contribution in [0.3, 0.4) is 0 Å². The molecule has 0 bridgehead atoms. The Balaban J connectivity index is 0.000000217. The normalized spacial score (nSPS) is 21.2. The Kier molecular flexibility index (Phi) is 38.3. The Hall–Kier alpha value is -11.1. The van der Waals surface area contributed by atoms with Crippen molar-refractivity contribution < 1.29 is 125 Å². The van der Waals surface area contributed by atoms with Crippen LogP contribution in [-0.2, 0) is 38.2 Å². The van der Waals surface area contributed by atoms with E-state index in [4.69, 9.17) is 42.1 Å². The third-order valence-corrected chi connectivity index (χ3v) is 20.2. The van der Waals surface area contributed by atoms with Crippen molar-refractivity contribution in [3.63, 3.8) is 0 Å². The van der Waals surface area contributed by atoms with E-state index in [-0.39, 0.29) is 53.5 Å². The molecule has 0 radical (unpaired) electrons. The summed E-state index contributed by atoms with van der Waals surface area (Å²) in [6.07, 6.45) is 14.4. The molecule has 5 saturated carbocycles. The fourth-order valence-electron chi connectivity index (χ4n) is 13.1. The van der Waals surface area contributed by atoms with Crippen molar-refractivity contribution in [1.82, 2.24) is 0 Å². The molecule has 5 aliphatic rings. The SMILES string of the molecule is CC(C)[C@@H]1CC[C@@H](C)C[C@H]1OC(=O)/C=C/c1ccc(F)c(F)c1.CC(C)[C@@H]1CC[C@@H](C)C[C@H]1OC(=O)[C@@H]1C[C@H]1c1ccc(F)c(F)c1.N[C@@H]1C[C@H]1c1ccc(F)c(F)c1.O=C(Cl)/C=C/c1ccc(F)c(F)c1.O=C(O)/C=C/c1ccc(F)c(F)c1.O=C(O)[C@@H]1C[C@H]1c1ccc(F)c(F)c1.O=C([O-])[C@H](O)c1ccccc1.O=Cc1ccc(F)c(F)c1. The molecule has 120 heavy (non-hydrogen) atoms. The lowest BCUT2D eigenvalue weighted by Gasteiger charge is -2.36. The number of carboxylic acids is 3. The van der Waals surface area contributed by atoms with E-state index in [1.54, 1.807) is 30.3 Å². The summed E-state index contributed by atoms with van der Waals surface area (Å²) in [4.78, 5) is 75.5. The molecule has 5 fully saturated rings. The molecule has 0 amide bonds. The number of aliphatic hydroxyl groups is 1. The Morgan fingerprint density at radius 3 is 1.12 bits per heavy atom. The van der Waals surface area contributed by atoms with Crippen LogP contribution >= 0.6 is 11.6 Å². The van der Waals surface area contributed by atoms with E-state index in [1.165, 1.54) is 91.7 Å². The Labute approximate surface area is 689 Å². The first kappa shape index (κ1) is 97.7. The topological polar surface area (TPSA) is 248 Å². The first-order chi connectivity index (χ1) is 56.6. The number of rotatable bonds is 18. The number of hydrogen-bond acceptors (Lipinski definition) is 12. The van der Waals surface area contributed by atoms with Gasteiger partial charge in [-0.05, 0) is 252 Å². The maximum absolute atomic E-state index is 13.4. The molecular formula is C91H89ClF14NO13-. The van der Waals surface area contributed by atoms with Gasteiger partial charge in [-0.15, -0.1) is 0 Å². The smallest absolute Gasteiger partial charge is 0.331 e. The van der Waals surface area contributed by atoms with Crippen LogP contribution in [0.25, 0.3) is 18.2 Å². The summed E-state index contributed by atoms with van der Waals surface area (Å²) in [5.74, 6) is -14.5. The van der Waals surface area contributed by atoms with Crippen LogP contribution in [-0.4, -0.2) is 74.9 Å². The number of ether oxygens (including phenoxy) is 2. The second-order valence-corrected chi connectivity index (χ2v) is 30.3. The van der Waals surface area contributed by atoms with Crippen molar-refractivity contribution in [2.45, 2.75) is 141 Å². The van der Waals surface area contributed by atoms with Crippen LogP contribution < -0.4 is 10.8 Å². The zero-order valence-electron chi connectivity index (χ0n) is 65.7. The molecule has 0 unspecified atom stereocenters. The second-order valence-electron chi connectivity index (χ2n) is 30.0. The van der Waals surface area contributed by atoms with E-state index < -0.39 is 123 Å². The molecule has 14 nitrogen and oxygen atoms in total. The van der Waals surface area contributed by atoms with Gasteiger partial charge < -0.3 is 40.4 Å². The lowest BCUT2D eigenvalue weighted by atomic mass is 9.75. The number of aliphatic carboxylic acids is 3. The Morgan fingerprint density at radius 2 is 0.775 bits per heavy atom. The minimum atomic E-state index is -1.52. The summed E-state index contributed by atoms with van der Waals surface area (Å²) in [6.45, 7) is 13.1. The highest BCUT2D eigenvalue weighted by atomic mass is 35.5. The molecule has 13 atom stereocenters. The summed E-state index contributed by atoms with van der Waals surface area (Å²) >= 11 is 5.01. The molecule has 0 aromatic heterocycles. The number of carbonyl (C=O) groups excluding carboxylic acids is 5. The van der Waals surface area contributed by atoms with Crippen LogP contribution in [0.2, 0.25) is 0 Å². The molecule has 642 valence electrons. The predicted molar refractivity (Wildman–Crippen MR) is 419 cm³/mol. The van der Waals surface area contributed by atoms with Gasteiger partial charge in [0, 0.05) is 29.7 Å². The minimum absolute atomic E-state index is 0.00699. The molecule has 0 aliphatic heterocycles. The van der Waals surface area contributed by atoms with Gasteiger partial charge in [0.2, 0.25) is 5.24 Å². The van der Waals surface area contributed by atoms with Crippen molar-refractivity contribution in [1.29, 1.82) is 0 Å². The highest BCUT2D eigenvalue weighted by Gasteiger charge is 2.48. The van der Waals surface area contributed by atoms with Gasteiger partial charge in [-0.25, -0.2) is 71.1 Å². The number of carbonyl (C=O) groups is 7. The van der Waals surface area contributed by atoms with Gasteiger partial charge in [0.15, 0.2) is 81.4 Å². The van der Waals surface area contributed by atoms with Crippen molar-refractivity contribution in [3.05, 3.63) is 302 Å². The first-order valence-electron chi connectivity index (χ1n) is 38.0. The minimum Gasteiger partial charge on any atom is -0.547 e. The monoisotopic (exact) mass is 1700 g/mol. The molecule has 5 aliphatic carbocycles. The average Bonchev–Trinajstić information content (AvgIpc) is 1.63. The number of aliphatic hydroxyl groups excluding tert-OH is 1. The summed E-state index contributed by atoms with van der Waals surface area (Å²) in [7, 11) is 0. The summed E-state index contributed by atoms with van der Waals surface area (Å²) in [5.41, 5.74) is 9.23. The molecule has 8 aromatic carbocycles. The van der Waals surface area contributed by atoms with Gasteiger partial charge in [0.05, 0.1) is 17.8 Å². The van der Waals surface area contributed by atoms with Crippen molar-refractivity contribution in [3.8, 4) is 0 Å². The number of nitrogens with two attached hydrogens (primary N) is 1. The van der Waals surface area contributed by atoms with Crippen molar-refractivity contribution in [2.75, 3.05) is 0 Å². The molecule has 13 rings (SSSR count). The summed E-state index contributed by atoms with van der Waals surface area (Å²) < 4.78 is 189. The maximum atomic E-state index is 13.4. The molecule has 0 heterocycles. The highest BCUT2D eigenvalue weighted by Crippen LogP contribution is 2.50. The van der Waals surface area contributed by atoms with Gasteiger partial charge in [-0.1, -0.05) is 127 Å². The van der Waals surface area contributed by atoms with E-state index >= 15 is 0 Å². The van der Waals surface area contributed by atoms with E-state index in [1.807, 2.05) is 0 Å². The lowest BCUT2D eigenvalue weighted by molar-refractivity contribution is -0.315. The number of halogens is 15. The fraction of sp³-hybridized carbons (Fsp3) is 0.330. The summed E-state index contributed by atoms with van der Waals surface area (Å²) in [5, 5.41) is 35.3. The Morgan fingerprint density at radius 1 is 0.433 bits per heavy atom. The number of allylic oxidation sites excluding steroid dienone is 1. The van der Waals surface area contributed by atoms with Crippen molar-refractivity contribution in [2.24, 2.45) is 53.1 Å². The molecular weight excluding hydrogens is 1620 g/mol. The number of aldehydes is 1. The molecule has 8 aromatic rings. The number of carboxylic acid groups (broad SMARTS) is 3. The molecule has 0 saturated heterocycles. The van der Waals surface area contributed by atoms with Crippen molar-refractivity contribution >= 4 is 71.2 Å². The molecule has 5 N–H and O–H groups in total. The quantitative estimate of drug-likeness (QED) is 0.0205.